The van der Waals surface area contributed by atoms with Crippen molar-refractivity contribution >= 4 is 40.7 Å². The summed E-state index contributed by atoms with van der Waals surface area (Å²) in [5.74, 6) is -3.40. The van der Waals surface area contributed by atoms with Gasteiger partial charge in [0.15, 0.2) is 29.3 Å². The van der Waals surface area contributed by atoms with Gasteiger partial charge in [-0.2, -0.15) is 36.3 Å². The van der Waals surface area contributed by atoms with Crippen molar-refractivity contribution in [3.05, 3.63) is 15.6 Å². The van der Waals surface area contributed by atoms with Crippen LogP contribution in [-0.2, 0) is 30.3 Å². The Balaban J connectivity index is 2.26. The van der Waals surface area contributed by atoms with E-state index in [-0.39, 0.29) is 9.13 Å². The Hall–Kier alpha value is -3.15. The van der Waals surface area contributed by atoms with Crippen LogP contribution in [0.15, 0.2) is 4.79 Å². The van der Waals surface area contributed by atoms with E-state index in [2.05, 4.69) is 14.7 Å². The highest BCUT2D eigenvalue weighted by Gasteiger charge is 2.60. The highest BCUT2D eigenvalue weighted by Crippen LogP contribution is 2.41. The highest BCUT2D eigenvalue weighted by atomic mass is 35.5. The zero-order valence-electron chi connectivity index (χ0n) is 17.9. The van der Waals surface area contributed by atoms with E-state index >= 15 is 4.39 Å². The minimum atomic E-state index is -5.40. The summed E-state index contributed by atoms with van der Waals surface area (Å²) in [7, 11) is 0. The SMILES string of the molecule is CC(=O)OC([C@H]1O[C@@H](n2c(=O)n(CC(F)(F)F)c3c(Cl)nc(N)nc32)[C@H](OC(C)=O)[C@H]1F)C(F)(F)F. The van der Waals surface area contributed by atoms with Crippen LogP contribution in [-0.4, -0.2) is 67.9 Å². The van der Waals surface area contributed by atoms with Gasteiger partial charge in [-0.3, -0.25) is 14.2 Å². The average molecular weight is 554 g/mol. The number of imidazole rings is 1. The molecular weight excluding hydrogens is 539 g/mol. The maximum atomic E-state index is 15.3. The largest absolute Gasteiger partial charge is 0.454 e. The third-order valence-corrected chi connectivity index (χ3v) is 5.05. The molecule has 0 saturated carbocycles. The van der Waals surface area contributed by atoms with Gasteiger partial charge in [0.1, 0.15) is 18.2 Å². The molecule has 0 aromatic carbocycles. The number of anilines is 1. The highest BCUT2D eigenvalue weighted by molar-refractivity contribution is 6.33. The lowest BCUT2D eigenvalue weighted by atomic mass is 10.1. The van der Waals surface area contributed by atoms with Gasteiger partial charge in [-0.15, -0.1) is 0 Å². The molecule has 1 saturated heterocycles. The van der Waals surface area contributed by atoms with Crippen LogP contribution in [0.1, 0.15) is 20.1 Å². The second kappa shape index (κ2) is 9.38. The zero-order chi connectivity index (χ0) is 27.3. The number of alkyl halides is 7. The van der Waals surface area contributed by atoms with Gasteiger partial charge in [-0.05, 0) is 0 Å². The van der Waals surface area contributed by atoms with Crippen molar-refractivity contribution in [3.63, 3.8) is 0 Å². The quantitative estimate of drug-likeness (QED) is 0.334. The molecule has 0 amide bonds. The molecular formula is C17H15ClF7N5O6. The van der Waals surface area contributed by atoms with Gasteiger partial charge in [0.05, 0.1) is 0 Å². The molecule has 0 aliphatic carbocycles. The summed E-state index contributed by atoms with van der Waals surface area (Å²) in [4.78, 5) is 42.8. The van der Waals surface area contributed by atoms with E-state index in [1.807, 2.05) is 0 Å². The normalized spacial score (nSPS) is 23.6. The number of halogens is 8. The van der Waals surface area contributed by atoms with Gasteiger partial charge in [0.2, 0.25) is 12.1 Å². The standard InChI is InChI=1S/C17H15ClF7N5O6/c1-4(31)34-9-6(19)8(10(17(23,24)25)35-5(2)32)36-13(9)30-12-7(11(18)27-14(26)28-12)29(15(30)33)3-16(20,21)22/h6,8-10,13H,3H2,1-2H3,(H2,26,27,28)/t6-,8-,9+,10?,13+/m0/s1. The van der Waals surface area contributed by atoms with Crippen LogP contribution in [0.3, 0.4) is 0 Å². The van der Waals surface area contributed by atoms with E-state index in [9.17, 15) is 40.7 Å². The first kappa shape index (κ1) is 27.4. The van der Waals surface area contributed by atoms with Crippen LogP contribution in [0.4, 0.5) is 36.7 Å². The van der Waals surface area contributed by atoms with Crippen molar-refractivity contribution in [2.24, 2.45) is 0 Å². The predicted molar refractivity (Wildman–Crippen MR) is 103 cm³/mol. The second-order valence-electron chi connectivity index (χ2n) is 7.48. The van der Waals surface area contributed by atoms with E-state index in [1.165, 1.54) is 0 Å². The number of nitrogens with zero attached hydrogens (tertiary/aromatic N) is 4. The monoisotopic (exact) mass is 553 g/mol. The van der Waals surface area contributed by atoms with E-state index in [4.69, 9.17) is 26.8 Å². The molecule has 0 spiro atoms. The second-order valence-corrected chi connectivity index (χ2v) is 7.84. The molecule has 2 N–H and O–H groups in total. The Morgan fingerprint density at radius 3 is 2.28 bits per heavy atom. The summed E-state index contributed by atoms with van der Waals surface area (Å²) in [5.41, 5.74) is 2.28. The number of rotatable bonds is 5. The molecule has 3 rings (SSSR count). The van der Waals surface area contributed by atoms with Crippen molar-refractivity contribution in [2.75, 3.05) is 5.73 Å². The average Bonchev–Trinajstić information content (AvgIpc) is 3.12. The lowest BCUT2D eigenvalue weighted by Crippen LogP contribution is -2.47. The first-order chi connectivity index (χ1) is 16.4. The lowest BCUT2D eigenvalue weighted by molar-refractivity contribution is -0.252. The zero-order valence-corrected chi connectivity index (χ0v) is 18.7. The van der Waals surface area contributed by atoms with Crippen LogP contribution >= 0.6 is 11.6 Å². The van der Waals surface area contributed by atoms with Crippen molar-refractivity contribution < 1.29 is 54.5 Å². The first-order valence-electron chi connectivity index (χ1n) is 9.63. The maximum Gasteiger partial charge on any atom is 0.428 e. The van der Waals surface area contributed by atoms with Gasteiger partial charge >= 0.3 is 30.0 Å². The van der Waals surface area contributed by atoms with E-state index < -0.39 is 89.5 Å². The molecule has 2 aromatic heterocycles. The topological polar surface area (TPSA) is 141 Å². The molecule has 1 aliphatic heterocycles. The number of hydrogen-bond acceptors (Lipinski definition) is 9. The summed E-state index contributed by atoms with van der Waals surface area (Å²) in [6.07, 6.45) is -23.9. The fourth-order valence-electron chi connectivity index (χ4n) is 3.62. The van der Waals surface area contributed by atoms with E-state index in [1.54, 1.807) is 0 Å². The lowest BCUT2D eigenvalue weighted by Gasteiger charge is -2.26. The molecule has 36 heavy (non-hydrogen) atoms. The molecule has 2 aromatic rings. The van der Waals surface area contributed by atoms with Gasteiger partial charge in [0.25, 0.3) is 0 Å². The van der Waals surface area contributed by atoms with Crippen molar-refractivity contribution in [2.45, 2.75) is 63.5 Å². The molecule has 11 nitrogen and oxygen atoms in total. The Labute approximate surface area is 199 Å². The summed E-state index contributed by atoms with van der Waals surface area (Å²) in [6, 6.07) is 0. The van der Waals surface area contributed by atoms with Crippen LogP contribution < -0.4 is 11.4 Å². The minimum absolute atomic E-state index is 0.0131. The molecule has 19 heteroatoms. The molecule has 0 bridgehead atoms. The van der Waals surface area contributed by atoms with E-state index in [0.717, 1.165) is 6.92 Å². The Morgan fingerprint density at radius 2 is 1.78 bits per heavy atom. The third kappa shape index (κ3) is 5.32. The van der Waals surface area contributed by atoms with Crippen molar-refractivity contribution in [1.82, 2.24) is 19.1 Å². The van der Waals surface area contributed by atoms with Crippen LogP contribution in [0.5, 0.6) is 0 Å². The molecule has 5 atom stereocenters. The molecule has 1 fully saturated rings. The van der Waals surface area contributed by atoms with Crippen LogP contribution in [0.2, 0.25) is 5.15 Å². The Kier molecular flexibility index (Phi) is 7.15. The number of nitrogen functional groups attached to an aromatic ring is 1. The summed E-state index contributed by atoms with van der Waals surface area (Å²) in [5, 5.41) is -0.749. The first-order valence-corrected chi connectivity index (χ1v) is 10.0. The van der Waals surface area contributed by atoms with Gasteiger partial charge in [-0.25, -0.2) is 13.8 Å². The van der Waals surface area contributed by atoms with E-state index in [0.29, 0.717) is 6.92 Å². The number of carbonyl (C=O) groups excluding carboxylic acids is 2. The Bertz CT molecular complexity index is 1250. The fraction of sp³-hybridized carbons (Fsp3) is 0.588. The van der Waals surface area contributed by atoms with Gasteiger partial charge in [0, 0.05) is 13.8 Å². The van der Waals surface area contributed by atoms with Crippen molar-refractivity contribution in [1.29, 1.82) is 0 Å². The maximum absolute atomic E-state index is 15.3. The smallest absolute Gasteiger partial charge is 0.428 e. The number of fused-ring (bicyclic) bond motifs is 1. The molecule has 0 radical (unpaired) electrons. The van der Waals surface area contributed by atoms with Crippen LogP contribution in [0.25, 0.3) is 11.2 Å². The van der Waals surface area contributed by atoms with Gasteiger partial charge < -0.3 is 19.9 Å². The minimum Gasteiger partial charge on any atom is -0.454 e. The van der Waals surface area contributed by atoms with Crippen molar-refractivity contribution in [3.8, 4) is 0 Å². The number of nitrogens with two attached hydrogens (primary N) is 1. The summed E-state index contributed by atoms with van der Waals surface area (Å²) >= 11 is 5.86. The summed E-state index contributed by atoms with van der Waals surface area (Å²) < 4.78 is 110. The number of carbonyl (C=O) groups is 2. The number of esters is 2. The predicted octanol–water partition coefficient (Wildman–Crippen LogP) is 2.05. The molecule has 3 heterocycles. The number of hydrogen-bond donors (Lipinski definition) is 1. The fourth-order valence-corrected chi connectivity index (χ4v) is 3.89. The van der Waals surface area contributed by atoms with Gasteiger partial charge in [-0.1, -0.05) is 11.6 Å². The molecule has 200 valence electrons. The molecule has 1 aliphatic rings. The Morgan fingerprint density at radius 1 is 1.17 bits per heavy atom. The molecule has 1 unspecified atom stereocenters. The number of ether oxygens (including phenoxy) is 3. The van der Waals surface area contributed by atoms with Crippen LogP contribution in [0, 0.1) is 0 Å². The third-order valence-electron chi connectivity index (χ3n) is 4.79. The summed E-state index contributed by atoms with van der Waals surface area (Å²) in [6.45, 7) is -0.621. The number of aromatic nitrogens is 4.